The van der Waals surface area contributed by atoms with Crippen LogP contribution in [-0.4, -0.2) is 36.5 Å². The lowest BCUT2D eigenvalue weighted by atomic mass is 10.1. The molecule has 0 aromatic heterocycles. The van der Waals surface area contributed by atoms with Gasteiger partial charge in [-0.1, -0.05) is 6.07 Å². The highest BCUT2D eigenvalue weighted by Gasteiger charge is 2.19. The van der Waals surface area contributed by atoms with Crippen molar-refractivity contribution >= 4 is 17.6 Å². The molecule has 0 radical (unpaired) electrons. The first-order valence-corrected chi connectivity index (χ1v) is 6.39. The molecule has 1 aliphatic heterocycles. The Morgan fingerprint density at radius 1 is 1.32 bits per heavy atom. The van der Waals surface area contributed by atoms with Crippen molar-refractivity contribution in [2.24, 2.45) is 0 Å². The molecule has 0 unspecified atom stereocenters. The summed E-state index contributed by atoms with van der Waals surface area (Å²) in [6.07, 6.45) is 2.04. The smallest absolute Gasteiger partial charge is 0.338 e. The Morgan fingerprint density at radius 2 is 2.00 bits per heavy atom. The van der Waals surface area contributed by atoms with E-state index in [1.54, 1.807) is 23.1 Å². The molecule has 2 N–H and O–H groups in total. The fourth-order valence-corrected chi connectivity index (χ4v) is 2.04. The van der Waals surface area contributed by atoms with E-state index in [4.69, 9.17) is 10.5 Å². The number of likely N-dealkylation sites (tertiary alicyclic amines) is 1. The quantitative estimate of drug-likeness (QED) is 0.659. The molecule has 0 aliphatic carbocycles. The summed E-state index contributed by atoms with van der Waals surface area (Å²) in [6.45, 7) is 3.18. The molecule has 1 aromatic rings. The maximum absolute atomic E-state index is 11.8. The number of aryl methyl sites for hydroxylation is 1. The number of carbonyl (C=O) groups excluding carboxylic acids is 2. The van der Waals surface area contributed by atoms with E-state index in [1.165, 1.54) is 0 Å². The first-order valence-electron chi connectivity index (χ1n) is 6.39. The fourth-order valence-electron chi connectivity index (χ4n) is 2.04. The van der Waals surface area contributed by atoms with Crippen molar-refractivity contribution in [2.45, 2.75) is 19.8 Å². The van der Waals surface area contributed by atoms with Crippen LogP contribution in [0.2, 0.25) is 0 Å². The summed E-state index contributed by atoms with van der Waals surface area (Å²) in [5, 5.41) is 0. The van der Waals surface area contributed by atoms with Gasteiger partial charge in [-0.15, -0.1) is 0 Å². The summed E-state index contributed by atoms with van der Waals surface area (Å²) in [5.74, 6) is -0.648. The summed E-state index contributed by atoms with van der Waals surface area (Å²) in [7, 11) is 0. The standard InChI is InChI=1S/C14H18N2O3/c1-10-4-5-11(8-12(10)15)14(18)19-9-13(17)16-6-2-3-7-16/h4-5,8H,2-3,6-7,9,15H2,1H3. The molecule has 5 nitrogen and oxygen atoms in total. The summed E-state index contributed by atoms with van der Waals surface area (Å²) >= 11 is 0. The highest BCUT2D eigenvalue weighted by Crippen LogP contribution is 2.14. The van der Waals surface area contributed by atoms with Gasteiger partial charge in [-0.25, -0.2) is 4.79 Å². The Morgan fingerprint density at radius 3 is 2.63 bits per heavy atom. The third-order valence-corrected chi connectivity index (χ3v) is 3.30. The SMILES string of the molecule is Cc1ccc(C(=O)OCC(=O)N2CCCC2)cc1N. The van der Waals surface area contributed by atoms with Crippen molar-refractivity contribution in [2.75, 3.05) is 25.4 Å². The van der Waals surface area contributed by atoms with E-state index in [9.17, 15) is 9.59 Å². The second-order valence-corrected chi connectivity index (χ2v) is 4.74. The molecule has 5 heteroatoms. The highest BCUT2D eigenvalue weighted by molar-refractivity contribution is 5.92. The maximum atomic E-state index is 11.8. The first-order chi connectivity index (χ1) is 9.08. The molecular weight excluding hydrogens is 244 g/mol. The molecule has 1 amide bonds. The van der Waals surface area contributed by atoms with Crippen LogP contribution in [0.15, 0.2) is 18.2 Å². The molecule has 0 saturated carbocycles. The highest BCUT2D eigenvalue weighted by atomic mass is 16.5. The number of benzene rings is 1. The number of nitrogens with two attached hydrogens (primary N) is 1. The molecule has 19 heavy (non-hydrogen) atoms. The number of ether oxygens (including phenoxy) is 1. The minimum absolute atomic E-state index is 0.133. The maximum Gasteiger partial charge on any atom is 0.338 e. The van der Waals surface area contributed by atoms with Crippen molar-refractivity contribution in [3.8, 4) is 0 Å². The van der Waals surface area contributed by atoms with Gasteiger partial charge in [0.1, 0.15) is 0 Å². The second kappa shape index (κ2) is 5.73. The van der Waals surface area contributed by atoms with Gasteiger partial charge in [0, 0.05) is 18.8 Å². The van der Waals surface area contributed by atoms with Crippen molar-refractivity contribution in [1.82, 2.24) is 4.90 Å². The zero-order chi connectivity index (χ0) is 13.8. The number of esters is 1. The lowest BCUT2D eigenvalue weighted by Gasteiger charge is -2.15. The van der Waals surface area contributed by atoms with Crippen LogP contribution in [0, 0.1) is 6.92 Å². The predicted molar refractivity (Wildman–Crippen MR) is 71.7 cm³/mol. The second-order valence-electron chi connectivity index (χ2n) is 4.74. The number of nitrogens with zero attached hydrogens (tertiary/aromatic N) is 1. The molecule has 0 spiro atoms. The van der Waals surface area contributed by atoms with Crippen LogP contribution < -0.4 is 5.73 Å². The van der Waals surface area contributed by atoms with E-state index in [0.29, 0.717) is 11.3 Å². The van der Waals surface area contributed by atoms with Crippen LogP contribution in [0.25, 0.3) is 0 Å². The summed E-state index contributed by atoms with van der Waals surface area (Å²) < 4.78 is 5.01. The molecule has 1 saturated heterocycles. The average Bonchev–Trinajstić information content (AvgIpc) is 2.92. The topological polar surface area (TPSA) is 72.6 Å². The lowest BCUT2D eigenvalue weighted by Crippen LogP contribution is -2.32. The zero-order valence-corrected chi connectivity index (χ0v) is 11.0. The Balaban J connectivity index is 1.90. The largest absolute Gasteiger partial charge is 0.452 e. The number of anilines is 1. The molecule has 1 aromatic carbocycles. The van der Waals surface area contributed by atoms with E-state index in [2.05, 4.69) is 0 Å². The van der Waals surface area contributed by atoms with E-state index < -0.39 is 5.97 Å². The minimum atomic E-state index is -0.515. The van der Waals surface area contributed by atoms with Crippen LogP contribution >= 0.6 is 0 Å². The zero-order valence-electron chi connectivity index (χ0n) is 11.0. The molecular formula is C14H18N2O3. The third kappa shape index (κ3) is 3.24. The first kappa shape index (κ1) is 13.4. The monoisotopic (exact) mass is 262 g/mol. The minimum Gasteiger partial charge on any atom is -0.452 e. The Hall–Kier alpha value is -2.04. The van der Waals surface area contributed by atoms with Gasteiger partial charge < -0.3 is 15.4 Å². The van der Waals surface area contributed by atoms with Crippen LogP contribution in [0.5, 0.6) is 0 Å². The van der Waals surface area contributed by atoms with Crippen molar-refractivity contribution < 1.29 is 14.3 Å². The van der Waals surface area contributed by atoms with E-state index in [-0.39, 0.29) is 12.5 Å². The summed E-state index contributed by atoms with van der Waals surface area (Å²) in [5.41, 5.74) is 7.55. The number of hydrogen-bond donors (Lipinski definition) is 1. The van der Waals surface area contributed by atoms with Crippen LogP contribution in [0.4, 0.5) is 5.69 Å². The van der Waals surface area contributed by atoms with Crippen LogP contribution in [0.1, 0.15) is 28.8 Å². The average molecular weight is 262 g/mol. The Kier molecular flexibility index (Phi) is 4.04. The van der Waals surface area contributed by atoms with Gasteiger partial charge in [0.15, 0.2) is 6.61 Å². The van der Waals surface area contributed by atoms with Gasteiger partial charge in [-0.05, 0) is 37.5 Å². The molecule has 2 rings (SSSR count). The Bertz CT molecular complexity index is 493. The van der Waals surface area contributed by atoms with Gasteiger partial charge in [0.2, 0.25) is 0 Å². The normalized spacial score (nSPS) is 14.5. The molecule has 0 atom stereocenters. The number of carbonyl (C=O) groups is 2. The van der Waals surface area contributed by atoms with Gasteiger partial charge in [-0.2, -0.15) is 0 Å². The van der Waals surface area contributed by atoms with Gasteiger partial charge >= 0.3 is 5.97 Å². The van der Waals surface area contributed by atoms with Gasteiger partial charge in [-0.3, -0.25) is 4.79 Å². The van der Waals surface area contributed by atoms with E-state index >= 15 is 0 Å². The van der Waals surface area contributed by atoms with Gasteiger partial charge in [0.25, 0.3) is 5.91 Å². The van der Waals surface area contributed by atoms with Crippen molar-refractivity contribution in [3.63, 3.8) is 0 Å². The summed E-state index contributed by atoms with van der Waals surface area (Å²) in [4.78, 5) is 25.2. The number of rotatable bonds is 3. The van der Waals surface area contributed by atoms with Gasteiger partial charge in [0.05, 0.1) is 5.56 Å². The summed E-state index contributed by atoms with van der Waals surface area (Å²) in [6, 6.07) is 4.97. The molecule has 0 bridgehead atoms. The van der Waals surface area contributed by atoms with E-state index in [0.717, 1.165) is 31.5 Å². The molecule has 1 heterocycles. The van der Waals surface area contributed by atoms with Crippen molar-refractivity contribution in [3.05, 3.63) is 29.3 Å². The third-order valence-electron chi connectivity index (χ3n) is 3.30. The predicted octanol–water partition coefficient (Wildman–Crippen LogP) is 1.36. The molecule has 1 aliphatic rings. The molecule has 102 valence electrons. The van der Waals surface area contributed by atoms with Crippen LogP contribution in [-0.2, 0) is 9.53 Å². The molecule has 1 fully saturated rings. The van der Waals surface area contributed by atoms with Crippen molar-refractivity contribution in [1.29, 1.82) is 0 Å². The number of amides is 1. The number of hydrogen-bond acceptors (Lipinski definition) is 4. The number of nitrogen functional groups attached to an aromatic ring is 1. The Labute approximate surface area is 112 Å². The van der Waals surface area contributed by atoms with E-state index in [1.807, 2.05) is 6.92 Å². The van der Waals surface area contributed by atoms with Crippen LogP contribution in [0.3, 0.4) is 0 Å². The fraction of sp³-hybridized carbons (Fsp3) is 0.429. The lowest BCUT2D eigenvalue weighted by molar-refractivity contribution is -0.133.